The molecule has 0 aliphatic carbocycles. The molecule has 0 amide bonds. The van der Waals surface area contributed by atoms with Gasteiger partial charge in [-0.25, -0.2) is 4.79 Å². The second kappa shape index (κ2) is 9.43. The monoisotopic (exact) mass is 416 g/mol. The summed E-state index contributed by atoms with van der Waals surface area (Å²) in [4.78, 5) is 11.7. The van der Waals surface area contributed by atoms with Crippen molar-refractivity contribution in [1.82, 2.24) is 10.2 Å². The molecule has 0 radical (unpaired) electrons. The number of carbonyl (C=O) groups is 1. The molecule has 3 rings (SSSR count). The van der Waals surface area contributed by atoms with Crippen molar-refractivity contribution in [3.63, 3.8) is 0 Å². The molecule has 2 aromatic carbocycles. The lowest BCUT2D eigenvalue weighted by Gasteiger charge is -2.11. The van der Waals surface area contributed by atoms with E-state index in [2.05, 4.69) is 10.2 Å². The molecule has 1 heterocycles. The van der Waals surface area contributed by atoms with Crippen molar-refractivity contribution < 1.29 is 19.1 Å². The Labute approximate surface area is 171 Å². The Kier molecular flexibility index (Phi) is 6.73. The molecule has 0 aliphatic heterocycles. The van der Waals surface area contributed by atoms with Crippen molar-refractivity contribution in [2.75, 3.05) is 0 Å². The SMILES string of the molecule is CCc1nnc(S/C(=C/c2ccccc2OCc2ccccc2Cl)C(=O)O)o1. The molecule has 0 atom stereocenters. The van der Waals surface area contributed by atoms with Gasteiger partial charge in [-0.15, -0.1) is 10.2 Å². The number of benzene rings is 2. The Morgan fingerprint density at radius 1 is 1.21 bits per heavy atom. The van der Waals surface area contributed by atoms with E-state index in [1.807, 2.05) is 31.2 Å². The van der Waals surface area contributed by atoms with E-state index in [9.17, 15) is 9.90 Å². The molecular weight excluding hydrogens is 400 g/mol. The number of aromatic nitrogens is 2. The molecule has 144 valence electrons. The number of hydrogen-bond donors (Lipinski definition) is 1. The van der Waals surface area contributed by atoms with Crippen LogP contribution in [0.4, 0.5) is 0 Å². The summed E-state index contributed by atoms with van der Waals surface area (Å²) in [5.41, 5.74) is 1.46. The van der Waals surface area contributed by atoms with Gasteiger partial charge in [-0.3, -0.25) is 0 Å². The van der Waals surface area contributed by atoms with Gasteiger partial charge >= 0.3 is 5.97 Å². The fraction of sp³-hybridized carbons (Fsp3) is 0.150. The summed E-state index contributed by atoms with van der Waals surface area (Å²) in [5, 5.41) is 18.1. The largest absolute Gasteiger partial charge is 0.488 e. The summed E-state index contributed by atoms with van der Waals surface area (Å²) in [6.07, 6.45) is 2.10. The summed E-state index contributed by atoms with van der Waals surface area (Å²) in [5.74, 6) is -0.0978. The maximum Gasteiger partial charge on any atom is 0.342 e. The van der Waals surface area contributed by atoms with Crippen molar-refractivity contribution in [3.8, 4) is 5.75 Å². The first-order valence-electron chi connectivity index (χ1n) is 8.47. The van der Waals surface area contributed by atoms with E-state index in [0.29, 0.717) is 28.6 Å². The zero-order valence-electron chi connectivity index (χ0n) is 15.0. The number of ether oxygens (including phenoxy) is 1. The fourth-order valence-corrected chi connectivity index (χ4v) is 3.17. The van der Waals surface area contributed by atoms with Gasteiger partial charge in [0.2, 0.25) is 5.89 Å². The minimum atomic E-state index is -1.10. The van der Waals surface area contributed by atoms with Crippen LogP contribution in [-0.2, 0) is 17.8 Å². The smallest absolute Gasteiger partial charge is 0.342 e. The van der Waals surface area contributed by atoms with Crippen molar-refractivity contribution in [2.45, 2.75) is 25.2 Å². The third-order valence-corrected chi connectivity index (χ3v) is 4.93. The van der Waals surface area contributed by atoms with Crippen LogP contribution in [-0.4, -0.2) is 21.3 Å². The Morgan fingerprint density at radius 2 is 1.96 bits per heavy atom. The Morgan fingerprint density at radius 3 is 2.68 bits per heavy atom. The van der Waals surface area contributed by atoms with Gasteiger partial charge in [0.15, 0.2) is 0 Å². The molecule has 0 bridgehead atoms. The molecular formula is C20H17ClN2O4S. The summed E-state index contributed by atoms with van der Waals surface area (Å²) >= 11 is 7.06. The summed E-state index contributed by atoms with van der Waals surface area (Å²) in [6, 6.07) is 14.6. The van der Waals surface area contributed by atoms with Crippen molar-refractivity contribution in [2.24, 2.45) is 0 Å². The van der Waals surface area contributed by atoms with Crippen LogP contribution in [0.5, 0.6) is 5.75 Å². The first kappa shape index (κ1) is 20.0. The molecule has 1 aromatic heterocycles. The molecule has 28 heavy (non-hydrogen) atoms. The predicted octanol–water partition coefficient (Wildman–Crippen LogP) is 5.08. The number of nitrogens with zero attached hydrogens (tertiary/aromatic N) is 2. The highest BCUT2D eigenvalue weighted by atomic mass is 35.5. The molecule has 0 saturated heterocycles. The molecule has 8 heteroatoms. The summed E-state index contributed by atoms with van der Waals surface area (Å²) in [6.45, 7) is 2.14. The minimum Gasteiger partial charge on any atom is -0.488 e. The average Bonchev–Trinajstić information content (AvgIpc) is 3.15. The van der Waals surface area contributed by atoms with Crippen molar-refractivity contribution in [3.05, 3.63) is 75.5 Å². The van der Waals surface area contributed by atoms with Gasteiger partial charge in [-0.05, 0) is 30.0 Å². The predicted molar refractivity (Wildman–Crippen MR) is 107 cm³/mol. The number of thioether (sulfide) groups is 1. The van der Waals surface area contributed by atoms with Gasteiger partial charge in [0.1, 0.15) is 17.3 Å². The molecule has 1 N–H and O–H groups in total. The van der Waals surface area contributed by atoms with Crippen molar-refractivity contribution in [1.29, 1.82) is 0 Å². The van der Waals surface area contributed by atoms with Gasteiger partial charge in [0, 0.05) is 22.6 Å². The third-order valence-electron chi connectivity index (χ3n) is 3.71. The van der Waals surface area contributed by atoms with Crippen LogP contribution in [0.25, 0.3) is 6.08 Å². The van der Waals surface area contributed by atoms with Crippen LogP contribution < -0.4 is 4.74 Å². The van der Waals surface area contributed by atoms with Crippen molar-refractivity contribution >= 4 is 35.4 Å². The molecule has 0 fully saturated rings. The zero-order valence-corrected chi connectivity index (χ0v) is 16.5. The van der Waals surface area contributed by atoms with Crippen LogP contribution in [0.15, 0.2) is 63.1 Å². The topological polar surface area (TPSA) is 85.5 Å². The highest BCUT2D eigenvalue weighted by Crippen LogP contribution is 2.30. The Balaban J connectivity index is 1.82. The van der Waals surface area contributed by atoms with E-state index in [1.165, 1.54) is 6.08 Å². The fourth-order valence-electron chi connectivity index (χ4n) is 2.29. The summed E-state index contributed by atoms with van der Waals surface area (Å²) < 4.78 is 11.3. The highest BCUT2D eigenvalue weighted by molar-refractivity contribution is 8.03. The molecule has 6 nitrogen and oxygen atoms in total. The highest BCUT2D eigenvalue weighted by Gasteiger charge is 2.16. The average molecular weight is 417 g/mol. The van der Waals surface area contributed by atoms with E-state index in [0.717, 1.165) is 17.3 Å². The number of aryl methyl sites for hydroxylation is 1. The lowest BCUT2D eigenvalue weighted by molar-refractivity contribution is -0.131. The third kappa shape index (κ3) is 5.15. The van der Waals surface area contributed by atoms with Crippen LogP contribution >= 0.6 is 23.4 Å². The standard InChI is InChI=1S/C20H17ClN2O4S/c1-2-18-22-23-20(27-18)28-17(19(24)25)11-13-7-4-6-10-16(13)26-12-14-8-3-5-9-15(14)21/h3-11H,2,12H2,1H3,(H,24,25)/b17-11+. The summed E-state index contributed by atoms with van der Waals surface area (Å²) in [7, 11) is 0. The number of halogens is 1. The number of carboxylic acid groups (broad SMARTS) is 1. The normalized spacial score (nSPS) is 11.4. The molecule has 0 saturated carbocycles. The number of aliphatic carboxylic acids is 1. The van der Waals surface area contributed by atoms with E-state index in [-0.39, 0.29) is 16.7 Å². The number of hydrogen-bond acceptors (Lipinski definition) is 6. The lowest BCUT2D eigenvalue weighted by atomic mass is 10.2. The number of carboxylic acids is 1. The maximum absolute atomic E-state index is 11.7. The van der Waals surface area contributed by atoms with Gasteiger partial charge in [-0.2, -0.15) is 0 Å². The number of para-hydroxylation sites is 1. The van der Waals surface area contributed by atoms with Gasteiger partial charge in [0.05, 0.1) is 0 Å². The van der Waals surface area contributed by atoms with E-state index < -0.39 is 5.97 Å². The maximum atomic E-state index is 11.7. The van der Waals surface area contributed by atoms with Gasteiger partial charge in [0.25, 0.3) is 5.22 Å². The van der Waals surface area contributed by atoms with Crippen LogP contribution in [0, 0.1) is 0 Å². The van der Waals surface area contributed by atoms with E-state index in [1.54, 1.807) is 24.3 Å². The molecule has 0 spiro atoms. The van der Waals surface area contributed by atoms with Gasteiger partial charge < -0.3 is 14.3 Å². The molecule has 0 unspecified atom stereocenters. The Bertz CT molecular complexity index is 1000. The van der Waals surface area contributed by atoms with Crippen LogP contribution in [0.2, 0.25) is 5.02 Å². The zero-order chi connectivity index (χ0) is 19.9. The first-order valence-corrected chi connectivity index (χ1v) is 9.66. The van der Waals surface area contributed by atoms with Crippen LogP contribution in [0.1, 0.15) is 23.9 Å². The first-order chi connectivity index (χ1) is 13.6. The molecule has 0 aliphatic rings. The van der Waals surface area contributed by atoms with Crippen LogP contribution in [0.3, 0.4) is 0 Å². The van der Waals surface area contributed by atoms with Gasteiger partial charge in [-0.1, -0.05) is 54.9 Å². The minimum absolute atomic E-state index is 0.0418. The molecule has 3 aromatic rings. The quantitative estimate of drug-likeness (QED) is 0.404. The number of rotatable bonds is 8. The van der Waals surface area contributed by atoms with E-state index >= 15 is 0 Å². The second-order valence-electron chi connectivity index (χ2n) is 5.65. The van der Waals surface area contributed by atoms with E-state index in [4.69, 9.17) is 20.8 Å². The second-order valence-corrected chi connectivity index (χ2v) is 7.05. The Hall–Kier alpha value is -2.77. The lowest BCUT2D eigenvalue weighted by Crippen LogP contribution is -2.00.